The molecule has 1 amide bonds. The van der Waals surface area contributed by atoms with E-state index in [1.165, 1.54) is 6.07 Å². The molecule has 8 nitrogen and oxygen atoms in total. The van der Waals surface area contributed by atoms with Crippen molar-refractivity contribution in [2.75, 3.05) is 24.6 Å². The van der Waals surface area contributed by atoms with Gasteiger partial charge in [-0.1, -0.05) is 18.2 Å². The number of guanidine groups is 1. The molecule has 0 bridgehead atoms. The van der Waals surface area contributed by atoms with Crippen molar-refractivity contribution >= 4 is 21.7 Å². The Kier molecular flexibility index (Phi) is 8.62. The first kappa shape index (κ1) is 22.9. The fourth-order valence-corrected chi connectivity index (χ4v) is 4.53. The summed E-state index contributed by atoms with van der Waals surface area (Å²) < 4.78 is 52.3. The number of carbonyl (C=O) groups is 1. The third-order valence-electron chi connectivity index (χ3n) is 4.18. The normalized spacial score (nSPS) is 18.5. The highest BCUT2D eigenvalue weighted by molar-refractivity contribution is 7.91. The molecule has 162 valence electrons. The molecule has 1 heterocycles. The number of ether oxygens (including phenoxy) is 1. The average Bonchev–Trinajstić information content (AvgIpc) is 2.98. The van der Waals surface area contributed by atoms with E-state index in [2.05, 4.69) is 25.7 Å². The molecule has 11 heteroatoms. The second-order valence-corrected chi connectivity index (χ2v) is 8.75. The fourth-order valence-electron chi connectivity index (χ4n) is 2.85. The summed E-state index contributed by atoms with van der Waals surface area (Å²) in [4.78, 5) is 16.3. The summed E-state index contributed by atoms with van der Waals surface area (Å²) in [6.07, 6.45) is 0.581. The number of aliphatic imine (C=N–C) groups is 1. The van der Waals surface area contributed by atoms with E-state index < -0.39 is 16.4 Å². The van der Waals surface area contributed by atoms with E-state index in [4.69, 9.17) is 0 Å². The Hall–Kier alpha value is -2.43. The van der Waals surface area contributed by atoms with Gasteiger partial charge in [-0.2, -0.15) is 8.78 Å². The molecule has 1 saturated heterocycles. The lowest BCUT2D eigenvalue weighted by Crippen LogP contribution is -2.41. The van der Waals surface area contributed by atoms with Crippen LogP contribution in [0, 0.1) is 0 Å². The van der Waals surface area contributed by atoms with E-state index in [0.29, 0.717) is 24.5 Å². The number of nitrogens with one attached hydrogen (secondary N) is 3. The van der Waals surface area contributed by atoms with Crippen LogP contribution in [0.2, 0.25) is 0 Å². The van der Waals surface area contributed by atoms with Crippen LogP contribution < -0.4 is 20.7 Å². The van der Waals surface area contributed by atoms with Gasteiger partial charge in [0.25, 0.3) is 0 Å². The Balaban J connectivity index is 1.84. The summed E-state index contributed by atoms with van der Waals surface area (Å²) in [5.74, 6) is 0.329. The van der Waals surface area contributed by atoms with Gasteiger partial charge in [0.05, 0.1) is 18.1 Å². The van der Waals surface area contributed by atoms with E-state index >= 15 is 0 Å². The van der Waals surface area contributed by atoms with Gasteiger partial charge in [0.1, 0.15) is 5.75 Å². The molecule has 0 aromatic heterocycles. The van der Waals surface area contributed by atoms with Crippen LogP contribution in [0.15, 0.2) is 29.3 Å². The number of benzene rings is 1. The molecular weight excluding hydrogens is 406 g/mol. The molecule has 0 radical (unpaired) electrons. The van der Waals surface area contributed by atoms with Crippen LogP contribution in [-0.2, 0) is 21.2 Å². The highest BCUT2D eigenvalue weighted by Crippen LogP contribution is 2.20. The van der Waals surface area contributed by atoms with Crippen LogP contribution in [-0.4, -0.2) is 57.5 Å². The van der Waals surface area contributed by atoms with Crippen LogP contribution in [0.5, 0.6) is 5.75 Å². The molecule has 29 heavy (non-hydrogen) atoms. The molecule has 1 atom stereocenters. The van der Waals surface area contributed by atoms with Crippen molar-refractivity contribution < 1.29 is 26.7 Å². The monoisotopic (exact) mass is 432 g/mol. The predicted octanol–water partition coefficient (Wildman–Crippen LogP) is 1.04. The van der Waals surface area contributed by atoms with E-state index in [1.54, 1.807) is 18.2 Å². The third kappa shape index (κ3) is 8.22. The number of rotatable bonds is 9. The maximum absolute atomic E-state index is 12.5. The lowest BCUT2D eigenvalue weighted by molar-refractivity contribution is -0.121. The smallest absolute Gasteiger partial charge is 0.387 e. The van der Waals surface area contributed by atoms with Gasteiger partial charge < -0.3 is 20.7 Å². The van der Waals surface area contributed by atoms with Gasteiger partial charge >= 0.3 is 6.61 Å². The molecular formula is C18H26F2N4O4S. The Bertz CT molecular complexity index is 818. The predicted molar refractivity (Wildman–Crippen MR) is 106 cm³/mol. The molecule has 1 unspecified atom stereocenters. The molecule has 1 aliphatic heterocycles. The Morgan fingerprint density at radius 2 is 2.07 bits per heavy atom. The van der Waals surface area contributed by atoms with Gasteiger partial charge in [-0.3, -0.25) is 4.79 Å². The molecule has 0 saturated carbocycles. The van der Waals surface area contributed by atoms with Gasteiger partial charge in [0.15, 0.2) is 15.8 Å². The van der Waals surface area contributed by atoms with Crippen LogP contribution in [0.4, 0.5) is 8.78 Å². The van der Waals surface area contributed by atoms with Gasteiger partial charge in [-0.25, -0.2) is 13.4 Å². The highest BCUT2D eigenvalue weighted by atomic mass is 32.2. The number of alkyl halides is 2. The number of hydrogen-bond acceptors (Lipinski definition) is 5. The lowest BCUT2D eigenvalue weighted by Gasteiger charge is -2.14. The standard InChI is InChI=1S/C18H26F2N4O4S/c1-2-21-18(23-11-13-5-3-4-6-15(13)28-17(19)20)22-9-7-16(25)24-14-8-10-29(26,27)12-14/h3-6,14,17H,2,7-12H2,1H3,(H,24,25)(H2,21,22,23). The molecule has 1 fully saturated rings. The number of halogens is 2. The minimum atomic E-state index is -3.04. The zero-order valence-electron chi connectivity index (χ0n) is 16.2. The number of carbonyl (C=O) groups excluding carboxylic acids is 1. The first-order valence-corrected chi connectivity index (χ1v) is 11.2. The maximum atomic E-state index is 12.5. The number of hydrogen-bond donors (Lipinski definition) is 3. The molecule has 0 spiro atoms. The molecule has 1 aliphatic rings. The second-order valence-electron chi connectivity index (χ2n) is 6.53. The summed E-state index contributed by atoms with van der Waals surface area (Å²) >= 11 is 0. The van der Waals surface area contributed by atoms with Gasteiger partial charge in [0.2, 0.25) is 5.91 Å². The van der Waals surface area contributed by atoms with Crippen LogP contribution >= 0.6 is 0 Å². The Labute approximate surface area is 169 Å². The quantitative estimate of drug-likeness (QED) is 0.397. The average molecular weight is 432 g/mol. The van der Waals surface area contributed by atoms with Crippen molar-refractivity contribution in [2.24, 2.45) is 4.99 Å². The van der Waals surface area contributed by atoms with Crippen LogP contribution in [0.1, 0.15) is 25.3 Å². The van der Waals surface area contributed by atoms with Crippen LogP contribution in [0.3, 0.4) is 0 Å². The second kappa shape index (κ2) is 10.9. The SMILES string of the molecule is CCNC(=NCc1ccccc1OC(F)F)NCCC(=O)NC1CCS(=O)(=O)C1. The van der Waals surface area contributed by atoms with Crippen molar-refractivity contribution in [3.63, 3.8) is 0 Å². The third-order valence-corrected chi connectivity index (χ3v) is 5.95. The van der Waals surface area contributed by atoms with Crippen molar-refractivity contribution in [3.05, 3.63) is 29.8 Å². The zero-order valence-corrected chi connectivity index (χ0v) is 17.0. The van der Waals surface area contributed by atoms with E-state index in [0.717, 1.165) is 0 Å². The highest BCUT2D eigenvalue weighted by Gasteiger charge is 2.28. The van der Waals surface area contributed by atoms with E-state index in [1.807, 2.05) is 6.92 Å². The number of nitrogens with zero attached hydrogens (tertiary/aromatic N) is 1. The van der Waals surface area contributed by atoms with Crippen molar-refractivity contribution in [1.29, 1.82) is 0 Å². The van der Waals surface area contributed by atoms with E-state index in [-0.39, 0.29) is 48.7 Å². The van der Waals surface area contributed by atoms with E-state index in [9.17, 15) is 22.0 Å². The summed E-state index contributed by atoms with van der Waals surface area (Å²) in [5.41, 5.74) is 0.505. The first-order chi connectivity index (χ1) is 13.8. The Morgan fingerprint density at radius 1 is 1.31 bits per heavy atom. The van der Waals surface area contributed by atoms with Crippen molar-refractivity contribution in [3.8, 4) is 5.75 Å². The summed E-state index contributed by atoms with van der Waals surface area (Å²) in [6, 6.07) is 6.07. The molecule has 1 aromatic carbocycles. The molecule has 2 rings (SSSR count). The lowest BCUT2D eigenvalue weighted by atomic mass is 10.2. The molecule has 3 N–H and O–H groups in total. The van der Waals surface area contributed by atoms with Gasteiger partial charge in [-0.15, -0.1) is 0 Å². The maximum Gasteiger partial charge on any atom is 0.387 e. The Morgan fingerprint density at radius 3 is 2.72 bits per heavy atom. The fraction of sp³-hybridized carbons (Fsp3) is 0.556. The van der Waals surface area contributed by atoms with Gasteiger partial charge in [-0.05, 0) is 19.4 Å². The first-order valence-electron chi connectivity index (χ1n) is 9.33. The largest absolute Gasteiger partial charge is 0.434 e. The minimum Gasteiger partial charge on any atom is -0.434 e. The number of para-hydroxylation sites is 1. The van der Waals surface area contributed by atoms with Crippen molar-refractivity contribution in [2.45, 2.75) is 39.0 Å². The van der Waals surface area contributed by atoms with Gasteiger partial charge in [0, 0.05) is 31.1 Å². The minimum absolute atomic E-state index is 0.0175. The number of sulfone groups is 1. The molecule has 1 aromatic rings. The van der Waals surface area contributed by atoms with Crippen molar-refractivity contribution in [1.82, 2.24) is 16.0 Å². The molecule has 0 aliphatic carbocycles. The summed E-state index contributed by atoms with van der Waals surface area (Å²) in [5, 5.41) is 8.72. The summed E-state index contributed by atoms with van der Waals surface area (Å²) in [7, 11) is -3.04. The van der Waals surface area contributed by atoms with Crippen LogP contribution in [0.25, 0.3) is 0 Å². The summed E-state index contributed by atoms with van der Waals surface area (Å²) in [6.45, 7) is -0.0675. The topological polar surface area (TPSA) is 109 Å². The number of amides is 1. The zero-order chi connectivity index (χ0) is 21.3.